The first-order valence-corrected chi connectivity index (χ1v) is 10.4. The Morgan fingerprint density at radius 3 is 2.85 bits per heavy atom. The number of likely N-dealkylation sites (tertiary alicyclic amines) is 1. The highest BCUT2D eigenvalue weighted by molar-refractivity contribution is 5.72. The van der Waals surface area contributed by atoms with Crippen LogP contribution in [0.15, 0.2) is 30.6 Å². The van der Waals surface area contributed by atoms with Crippen molar-refractivity contribution < 1.29 is 4.79 Å². The molecule has 1 aliphatic heterocycles. The molecule has 6 atom stereocenters. The van der Waals surface area contributed by atoms with Crippen LogP contribution in [0.1, 0.15) is 57.9 Å². The molecule has 5 rings (SSSR count). The van der Waals surface area contributed by atoms with Gasteiger partial charge >= 0.3 is 0 Å². The predicted molar refractivity (Wildman–Crippen MR) is 103 cm³/mol. The van der Waals surface area contributed by atoms with Crippen molar-refractivity contribution in [1.82, 2.24) is 9.88 Å². The molecule has 26 heavy (non-hydrogen) atoms. The van der Waals surface area contributed by atoms with Gasteiger partial charge in [0.1, 0.15) is 0 Å². The summed E-state index contributed by atoms with van der Waals surface area (Å²) in [6, 6.07) is 4.78. The molecule has 1 amide bonds. The van der Waals surface area contributed by atoms with Crippen molar-refractivity contribution in [3.05, 3.63) is 36.2 Å². The molecule has 3 heteroatoms. The standard InChI is InChI=1S/C23H30N2O/c1-22-10-9-20-17(5-8-21-23(20,2)11-13-25(21)15-26)19(22)7-6-18(22)16-4-3-12-24-14-16/h3-4,6,12,14-15,17,19-21H,5,7-11,13H2,1-2H3/t17-,19-,20-,21?,22+,23+/m0/s1. The number of hydrogen-bond donors (Lipinski definition) is 0. The van der Waals surface area contributed by atoms with Gasteiger partial charge in [0.05, 0.1) is 0 Å². The van der Waals surface area contributed by atoms with Gasteiger partial charge in [-0.3, -0.25) is 9.78 Å². The molecule has 138 valence electrons. The summed E-state index contributed by atoms with van der Waals surface area (Å²) in [5.74, 6) is 2.36. The minimum atomic E-state index is 0.302. The lowest BCUT2D eigenvalue weighted by molar-refractivity contribution is -0.123. The third-order valence-corrected chi connectivity index (χ3v) is 8.82. The molecule has 0 N–H and O–H groups in total. The van der Waals surface area contributed by atoms with Crippen LogP contribution in [0.4, 0.5) is 0 Å². The highest BCUT2D eigenvalue weighted by Crippen LogP contribution is 2.66. The first-order chi connectivity index (χ1) is 12.6. The molecular weight excluding hydrogens is 320 g/mol. The topological polar surface area (TPSA) is 33.2 Å². The second kappa shape index (κ2) is 5.68. The lowest BCUT2D eigenvalue weighted by Crippen LogP contribution is -2.53. The average Bonchev–Trinajstić information content (AvgIpc) is 3.19. The number of fused-ring (bicyclic) bond motifs is 5. The van der Waals surface area contributed by atoms with Crippen LogP contribution >= 0.6 is 0 Å². The molecule has 1 aromatic rings. The summed E-state index contributed by atoms with van der Waals surface area (Å²) < 4.78 is 0. The van der Waals surface area contributed by atoms with Gasteiger partial charge in [-0.1, -0.05) is 26.0 Å². The smallest absolute Gasteiger partial charge is 0.209 e. The first kappa shape index (κ1) is 16.5. The number of hydrogen-bond acceptors (Lipinski definition) is 2. The van der Waals surface area contributed by atoms with Gasteiger partial charge in [-0.15, -0.1) is 0 Å². The summed E-state index contributed by atoms with van der Waals surface area (Å²) in [7, 11) is 0. The number of allylic oxidation sites excluding steroid dienone is 2. The summed E-state index contributed by atoms with van der Waals surface area (Å²) in [4.78, 5) is 18.0. The molecule has 2 saturated carbocycles. The maximum absolute atomic E-state index is 11.5. The van der Waals surface area contributed by atoms with Gasteiger partial charge in [-0.25, -0.2) is 0 Å². The normalized spacial score (nSPS) is 44.1. The van der Waals surface area contributed by atoms with Gasteiger partial charge in [0.2, 0.25) is 6.41 Å². The second-order valence-electron chi connectivity index (χ2n) is 9.62. The van der Waals surface area contributed by atoms with E-state index in [1.165, 1.54) is 44.1 Å². The van der Waals surface area contributed by atoms with Gasteiger partial charge in [-0.05, 0) is 84.3 Å². The quantitative estimate of drug-likeness (QED) is 0.733. The molecule has 0 spiro atoms. The Hall–Kier alpha value is -1.64. The fourth-order valence-electron chi connectivity index (χ4n) is 7.52. The van der Waals surface area contributed by atoms with Crippen LogP contribution in [0, 0.1) is 28.6 Å². The minimum Gasteiger partial charge on any atom is -0.342 e. The van der Waals surface area contributed by atoms with Gasteiger partial charge < -0.3 is 4.90 Å². The number of nitrogens with zero attached hydrogens (tertiary/aromatic N) is 2. The van der Waals surface area contributed by atoms with E-state index in [1.807, 2.05) is 12.4 Å². The summed E-state index contributed by atoms with van der Waals surface area (Å²) in [6.07, 6.45) is 15.1. The monoisotopic (exact) mass is 350 g/mol. The number of amides is 1. The van der Waals surface area contributed by atoms with E-state index in [4.69, 9.17) is 0 Å². The van der Waals surface area contributed by atoms with E-state index in [-0.39, 0.29) is 0 Å². The third kappa shape index (κ3) is 2.06. The number of carbonyl (C=O) groups is 1. The third-order valence-electron chi connectivity index (χ3n) is 8.82. The van der Waals surface area contributed by atoms with Crippen LogP contribution in [0.2, 0.25) is 0 Å². The molecule has 3 nitrogen and oxygen atoms in total. The minimum absolute atomic E-state index is 0.302. The molecule has 1 saturated heterocycles. The lowest BCUT2D eigenvalue weighted by atomic mass is 9.48. The second-order valence-corrected chi connectivity index (χ2v) is 9.62. The van der Waals surface area contributed by atoms with Crippen molar-refractivity contribution >= 4 is 12.0 Å². The van der Waals surface area contributed by atoms with Crippen LogP contribution < -0.4 is 0 Å². The fraction of sp³-hybridized carbons (Fsp3) is 0.652. The van der Waals surface area contributed by atoms with Crippen molar-refractivity contribution in [2.75, 3.05) is 6.54 Å². The zero-order valence-electron chi connectivity index (χ0n) is 16.0. The van der Waals surface area contributed by atoms with E-state index in [9.17, 15) is 4.79 Å². The Kier molecular flexibility index (Phi) is 3.61. The Morgan fingerprint density at radius 2 is 2.08 bits per heavy atom. The molecule has 0 aromatic carbocycles. The van der Waals surface area contributed by atoms with Crippen molar-refractivity contribution in [1.29, 1.82) is 0 Å². The maximum Gasteiger partial charge on any atom is 0.209 e. The molecule has 1 aromatic heterocycles. The molecular formula is C23H30N2O. The highest BCUT2D eigenvalue weighted by Gasteiger charge is 2.60. The van der Waals surface area contributed by atoms with Crippen molar-refractivity contribution in [2.45, 2.75) is 58.4 Å². The van der Waals surface area contributed by atoms with E-state index in [0.29, 0.717) is 16.9 Å². The van der Waals surface area contributed by atoms with Gasteiger partial charge in [0.25, 0.3) is 0 Å². The highest BCUT2D eigenvalue weighted by atomic mass is 16.1. The van der Waals surface area contributed by atoms with Crippen molar-refractivity contribution in [2.24, 2.45) is 28.6 Å². The predicted octanol–water partition coefficient (Wildman–Crippen LogP) is 4.55. The lowest BCUT2D eigenvalue weighted by Gasteiger charge is -2.57. The Labute approximate surface area is 156 Å². The van der Waals surface area contributed by atoms with Crippen LogP contribution in [-0.2, 0) is 4.79 Å². The average molecular weight is 351 g/mol. The Bertz CT molecular complexity index is 744. The van der Waals surface area contributed by atoms with Crippen LogP contribution in [0.25, 0.3) is 5.57 Å². The Morgan fingerprint density at radius 1 is 1.19 bits per heavy atom. The first-order valence-electron chi connectivity index (χ1n) is 10.4. The van der Waals surface area contributed by atoms with Gasteiger partial charge in [-0.2, -0.15) is 0 Å². The molecule has 0 bridgehead atoms. The molecule has 4 aliphatic rings. The molecule has 0 radical (unpaired) electrons. The van der Waals surface area contributed by atoms with Crippen LogP contribution in [-0.4, -0.2) is 28.9 Å². The molecule has 2 heterocycles. The molecule has 3 fully saturated rings. The van der Waals surface area contributed by atoms with E-state index in [1.54, 1.807) is 5.57 Å². The number of pyridine rings is 1. The Balaban J connectivity index is 1.45. The van der Waals surface area contributed by atoms with Crippen molar-refractivity contribution in [3.63, 3.8) is 0 Å². The van der Waals surface area contributed by atoms with E-state index >= 15 is 0 Å². The number of rotatable bonds is 2. The van der Waals surface area contributed by atoms with Crippen LogP contribution in [0.5, 0.6) is 0 Å². The molecule has 1 unspecified atom stereocenters. The van der Waals surface area contributed by atoms with Gasteiger partial charge in [0, 0.05) is 25.0 Å². The SMILES string of the molecule is C[C@]12CCN(C=O)C1CC[C@@H]1[C@@H]2CC[C@]2(C)C(c3cccnc3)=CC[C@@H]12. The summed E-state index contributed by atoms with van der Waals surface area (Å²) >= 11 is 0. The summed E-state index contributed by atoms with van der Waals surface area (Å²) in [6.45, 7) is 5.97. The summed E-state index contributed by atoms with van der Waals surface area (Å²) in [5.41, 5.74) is 3.50. The maximum atomic E-state index is 11.5. The number of aromatic nitrogens is 1. The molecule has 3 aliphatic carbocycles. The fourth-order valence-corrected chi connectivity index (χ4v) is 7.52. The number of carbonyl (C=O) groups excluding carboxylic acids is 1. The van der Waals surface area contributed by atoms with Gasteiger partial charge in [0.15, 0.2) is 0 Å². The largest absolute Gasteiger partial charge is 0.342 e. The van der Waals surface area contributed by atoms with Crippen molar-refractivity contribution in [3.8, 4) is 0 Å². The van der Waals surface area contributed by atoms with E-state index < -0.39 is 0 Å². The van der Waals surface area contributed by atoms with E-state index in [0.717, 1.165) is 30.7 Å². The zero-order valence-corrected chi connectivity index (χ0v) is 16.0. The van der Waals surface area contributed by atoms with Crippen LogP contribution in [0.3, 0.4) is 0 Å². The zero-order chi connectivity index (χ0) is 17.9. The van der Waals surface area contributed by atoms with E-state index in [2.05, 4.69) is 41.9 Å². The summed E-state index contributed by atoms with van der Waals surface area (Å²) in [5, 5.41) is 0.